The first-order valence-corrected chi connectivity index (χ1v) is 13.3. The Labute approximate surface area is 229 Å². The smallest absolute Gasteiger partial charge is 0.295 e. The molecule has 1 N–H and O–H groups in total. The van der Waals surface area contributed by atoms with Gasteiger partial charge >= 0.3 is 0 Å². The molecule has 0 radical (unpaired) electrons. The Morgan fingerprint density at radius 1 is 1.15 bits per heavy atom. The SMILES string of the molecule is COc1cc(C2/C(=C(\O)c3c(C)nc4ccccn34)C(=O)C(=O)N2CCCN(C)C)ccc1OCCC(C)C. The summed E-state index contributed by atoms with van der Waals surface area (Å²) in [6.07, 6.45) is 3.34. The number of Topliss-reactive ketones (excluding diaryl/α,β-unsaturated/α-hetero) is 1. The first kappa shape index (κ1) is 28.2. The number of aliphatic hydroxyl groups excluding tert-OH is 1. The van der Waals surface area contributed by atoms with Crippen molar-refractivity contribution in [3.8, 4) is 11.5 Å². The van der Waals surface area contributed by atoms with Gasteiger partial charge in [-0.05, 0) is 76.2 Å². The van der Waals surface area contributed by atoms with Gasteiger partial charge in [0.15, 0.2) is 17.3 Å². The molecule has 1 aliphatic rings. The van der Waals surface area contributed by atoms with Crippen LogP contribution in [0.4, 0.5) is 0 Å². The average molecular weight is 535 g/mol. The lowest BCUT2D eigenvalue weighted by Gasteiger charge is -2.26. The predicted molar refractivity (Wildman–Crippen MR) is 150 cm³/mol. The fourth-order valence-electron chi connectivity index (χ4n) is 4.92. The van der Waals surface area contributed by atoms with Gasteiger partial charge in [-0.25, -0.2) is 4.98 Å². The van der Waals surface area contributed by atoms with Crippen LogP contribution in [0, 0.1) is 12.8 Å². The second-order valence-electron chi connectivity index (χ2n) is 10.6. The van der Waals surface area contributed by atoms with Crippen molar-refractivity contribution in [1.82, 2.24) is 19.2 Å². The van der Waals surface area contributed by atoms with Crippen molar-refractivity contribution in [1.29, 1.82) is 0 Å². The van der Waals surface area contributed by atoms with Gasteiger partial charge in [0.2, 0.25) is 0 Å². The summed E-state index contributed by atoms with van der Waals surface area (Å²) >= 11 is 0. The van der Waals surface area contributed by atoms with Crippen molar-refractivity contribution in [2.45, 2.75) is 39.7 Å². The zero-order valence-corrected chi connectivity index (χ0v) is 23.6. The number of benzene rings is 1. The molecule has 3 heterocycles. The van der Waals surface area contributed by atoms with Gasteiger partial charge in [0.05, 0.1) is 31.0 Å². The number of likely N-dealkylation sites (tertiary alicyclic amines) is 1. The molecule has 1 aromatic carbocycles. The normalized spacial score (nSPS) is 17.1. The number of pyridine rings is 1. The molecule has 208 valence electrons. The number of aromatic nitrogens is 2. The molecule has 0 spiro atoms. The Kier molecular flexibility index (Phi) is 8.60. The van der Waals surface area contributed by atoms with Crippen molar-refractivity contribution >= 4 is 23.1 Å². The van der Waals surface area contributed by atoms with E-state index in [0.717, 1.165) is 13.0 Å². The first-order valence-electron chi connectivity index (χ1n) is 13.3. The van der Waals surface area contributed by atoms with Gasteiger partial charge in [0, 0.05) is 12.7 Å². The monoisotopic (exact) mass is 534 g/mol. The summed E-state index contributed by atoms with van der Waals surface area (Å²) in [6, 6.07) is 10.1. The summed E-state index contributed by atoms with van der Waals surface area (Å²) in [4.78, 5) is 35.0. The summed E-state index contributed by atoms with van der Waals surface area (Å²) in [5.41, 5.74) is 2.28. The Morgan fingerprint density at radius 2 is 1.92 bits per heavy atom. The highest BCUT2D eigenvalue weighted by atomic mass is 16.5. The number of aliphatic hydroxyl groups is 1. The second kappa shape index (κ2) is 11.9. The van der Waals surface area contributed by atoms with Crippen molar-refractivity contribution in [3.63, 3.8) is 0 Å². The number of carbonyl (C=O) groups excluding carboxylic acids is 2. The van der Waals surface area contributed by atoms with Gasteiger partial charge < -0.3 is 24.4 Å². The molecule has 1 fully saturated rings. The summed E-state index contributed by atoms with van der Waals surface area (Å²) in [7, 11) is 5.48. The first-order chi connectivity index (χ1) is 18.6. The van der Waals surface area contributed by atoms with Crippen LogP contribution in [0.1, 0.15) is 49.7 Å². The lowest BCUT2D eigenvalue weighted by Crippen LogP contribution is -2.32. The van der Waals surface area contributed by atoms with E-state index >= 15 is 0 Å². The number of imidazole rings is 1. The third kappa shape index (κ3) is 5.78. The maximum Gasteiger partial charge on any atom is 0.295 e. The number of aryl methyl sites for hydroxylation is 1. The molecule has 1 amide bonds. The highest BCUT2D eigenvalue weighted by Crippen LogP contribution is 2.42. The van der Waals surface area contributed by atoms with Crippen LogP contribution >= 0.6 is 0 Å². The molecule has 2 aromatic heterocycles. The van der Waals surface area contributed by atoms with E-state index in [-0.39, 0.29) is 11.3 Å². The van der Waals surface area contributed by atoms with Gasteiger partial charge in [0.25, 0.3) is 11.7 Å². The van der Waals surface area contributed by atoms with Crippen LogP contribution in [0.2, 0.25) is 0 Å². The summed E-state index contributed by atoms with van der Waals surface area (Å²) in [5.74, 6) is -0.0155. The van der Waals surface area contributed by atoms with Crippen LogP contribution in [0.25, 0.3) is 11.4 Å². The van der Waals surface area contributed by atoms with Crippen molar-refractivity contribution in [2.75, 3.05) is 40.9 Å². The van der Waals surface area contributed by atoms with E-state index < -0.39 is 17.7 Å². The molecule has 1 saturated heterocycles. The minimum absolute atomic E-state index is 0.0362. The van der Waals surface area contributed by atoms with Crippen molar-refractivity contribution in [3.05, 3.63) is 65.1 Å². The van der Waals surface area contributed by atoms with Crippen LogP contribution < -0.4 is 9.47 Å². The third-order valence-electron chi connectivity index (χ3n) is 6.93. The number of methoxy groups -OCH3 is 1. The van der Waals surface area contributed by atoms with Crippen molar-refractivity contribution < 1.29 is 24.2 Å². The van der Waals surface area contributed by atoms with Crippen LogP contribution in [0.5, 0.6) is 11.5 Å². The lowest BCUT2D eigenvalue weighted by atomic mass is 9.95. The average Bonchev–Trinajstić information content (AvgIpc) is 3.36. The Bertz CT molecular complexity index is 1390. The fourth-order valence-corrected chi connectivity index (χ4v) is 4.92. The fraction of sp³-hybridized carbons (Fsp3) is 0.433. The highest BCUT2D eigenvalue weighted by molar-refractivity contribution is 6.46. The summed E-state index contributed by atoms with van der Waals surface area (Å²) in [5, 5.41) is 11.6. The van der Waals surface area contributed by atoms with Gasteiger partial charge in [0.1, 0.15) is 11.3 Å². The van der Waals surface area contributed by atoms with E-state index in [9.17, 15) is 14.7 Å². The maximum atomic E-state index is 13.5. The zero-order chi connectivity index (χ0) is 28.3. The molecule has 39 heavy (non-hydrogen) atoms. The number of nitrogens with zero attached hydrogens (tertiary/aromatic N) is 4. The van der Waals surface area contributed by atoms with Gasteiger partial charge in [-0.1, -0.05) is 26.0 Å². The standard InChI is InChI=1S/C30H38N4O5/c1-19(2)13-17-39-22-12-11-21(18-23(22)38-6)27-25(29(36)30(37)34(27)16-9-14-32(4)5)28(35)26-20(3)31-24-10-7-8-15-33(24)26/h7-8,10-12,15,18-19,27,35H,9,13-14,16-17H2,1-6H3/b28-25+. The molecule has 1 aliphatic heterocycles. The Hall–Kier alpha value is -3.85. The molecular formula is C30H38N4O5. The lowest BCUT2D eigenvalue weighted by molar-refractivity contribution is -0.139. The zero-order valence-electron chi connectivity index (χ0n) is 23.6. The van der Waals surface area contributed by atoms with Crippen LogP contribution in [0.15, 0.2) is 48.2 Å². The minimum atomic E-state index is -0.792. The Balaban J connectivity index is 1.83. The summed E-state index contributed by atoms with van der Waals surface area (Å²) in [6.45, 7) is 7.68. The van der Waals surface area contributed by atoms with E-state index in [1.165, 1.54) is 0 Å². The van der Waals surface area contributed by atoms with Crippen LogP contribution in [-0.2, 0) is 9.59 Å². The topological polar surface area (TPSA) is 96.6 Å². The van der Waals surface area contributed by atoms with E-state index in [0.29, 0.717) is 59.6 Å². The van der Waals surface area contributed by atoms with E-state index in [1.807, 2.05) is 43.3 Å². The summed E-state index contributed by atoms with van der Waals surface area (Å²) < 4.78 is 13.3. The number of rotatable bonds is 11. The molecule has 9 heteroatoms. The highest BCUT2D eigenvalue weighted by Gasteiger charge is 2.46. The van der Waals surface area contributed by atoms with Gasteiger partial charge in [-0.2, -0.15) is 0 Å². The molecular weight excluding hydrogens is 496 g/mol. The minimum Gasteiger partial charge on any atom is -0.505 e. The number of ketones is 1. The van der Waals surface area contributed by atoms with E-state index in [2.05, 4.69) is 18.8 Å². The molecule has 1 atom stereocenters. The number of hydrogen-bond acceptors (Lipinski definition) is 7. The Morgan fingerprint density at radius 3 is 2.62 bits per heavy atom. The molecule has 9 nitrogen and oxygen atoms in total. The number of ether oxygens (including phenoxy) is 2. The molecule has 1 unspecified atom stereocenters. The number of hydrogen-bond donors (Lipinski definition) is 1. The maximum absolute atomic E-state index is 13.5. The molecule has 0 aliphatic carbocycles. The number of carbonyl (C=O) groups is 2. The molecule has 0 bridgehead atoms. The van der Waals surface area contributed by atoms with Gasteiger partial charge in [-0.15, -0.1) is 0 Å². The molecule has 3 aromatic rings. The number of fused-ring (bicyclic) bond motifs is 1. The predicted octanol–water partition coefficient (Wildman–Crippen LogP) is 4.45. The third-order valence-corrected chi connectivity index (χ3v) is 6.93. The second-order valence-corrected chi connectivity index (χ2v) is 10.6. The van der Waals surface area contributed by atoms with E-state index in [1.54, 1.807) is 41.7 Å². The van der Waals surface area contributed by atoms with Gasteiger partial charge in [-0.3, -0.25) is 14.0 Å². The van der Waals surface area contributed by atoms with E-state index in [4.69, 9.17) is 9.47 Å². The number of amides is 1. The largest absolute Gasteiger partial charge is 0.505 e. The molecule has 4 rings (SSSR count). The van der Waals surface area contributed by atoms with Crippen LogP contribution in [0.3, 0.4) is 0 Å². The molecule has 0 saturated carbocycles. The van der Waals surface area contributed by atoms with Crippen LogP contribution in [-0.4, -0.2) is 76.9 Å². The quantitative estimate of drug-likeness (QED) is 0.221. The van der Waals surface area contributed by atoms with Crippen molar-refractivity contribution in [2.24, 2.45) is 5.92 Å².